The van der Waals surface area contributed by atoms with Crippen LogP contribution < -0.4 is 14.3 Å². The minimum atomic E-state index is -3.55. The number of hydrogen-bond donors (Lipinski definition) is 2. The number of rotatable bonds is 8. The van der Waals surface area contributed by atoms with Gasteiger partial charge < -0.3 is 4.90 Å². The number of anilines is 2. The number of fused-ring (bicyclic) bond motifs is 1. The Balaban J connectivity index is 2.13. The third-order valence-electron chi connectivity index (χ3n) is 3.54. The maximum Gasteiger partial charge on any atom is 0.299 e. The molecule has 2 N–H and O–H groups in total. The maximum atomic E-state index is 12.0. The summed E-state index contributed by atoms with van der Waals surface area (Å²) < 4.78 is 28.6. The summed E-state index contributed by atoms with van der Waals surface area (Å²) in [6.45, 7) is 5.09. The van der Waals surface area contributed by atoms with Crippen LogP contribution in [0, 0.1) is 0 Å². The van der Waals surface area contributed by atoms with Gasteiger partial charge in [-0.15, -0.1) is 0 Å². The van der Waals surface area contributed by atoms with Gasteiger partial charge >= 0.3 is 0 Å². The number of amides is 1. The molecule has 0 saturated heterocycles. The van der Waals surface area contributed by atoms with Crippen LogP contribution in [0.2, 0.25) is 0 Å². The van der Waals surface area contributed by atoms with E-state index in [1.165, 1.54) is 0 Å². The van der Waals surface area contributed by atoms with Crippen LogP contribution in [0.25, 0.3) is 0 Å². The summed E-state index contributed by atoms with van der Waals surface area (Å²) in [6.07, 6.45) is 3.05. The van der Waals surface area contributed by atoms with E-state index in [0.717, 1.165) is 30.5 Å². The van der Waals surface area contributed by atoms with Gasteiger partial charge in [0.1, 0.15) is 0 Å². The fourth-order valence-corrected chi connectivity index (χ4v) is 3.42. The summed E-state index contributed by atoms with van der Waals surface area (Å²) in [6, 6.07) is 5.25. The maximum absolute atomic E-state index is 12.0. The molecule has 7 heteroatoms. The molecule has 6 nitrogen and oxygen atoms in total. The molecule has 0 fully saturated rings. The molecule has 0 radical (unpaired) electrons. The molecular formula is C15H23N3O3S. The van der Waals surface area contributed by atoms with Gasteiger partial charge in [0.2, 0.25) is 5.91 Å². The van der Waals surface area contributed by atoms with E-state index in [1.807, 2.05) is 13.0 Å². The van der Waals surface area contributed by atoms with Gasteiger partial charge in [0.15, 0.2) is 0 Å². The highest BCUT2D eigenvalue weighted by Crippen LogP contribution is 2.31. The largest absolute Gasteiger partial charge is 0.312 e. The molecule has 1 heterocycles. The van der Waals surface area contributed by atoms with Gasteiger partial charge in [-0.1, -0.05) is 20.3 Å². The van der Waals surface area contributed by atoms with Crippen LogP contribution in [0.15, 0.2) is 18.2 Å². The Morgan fingerprint density at radius 1 is 1.23 bits per heavy atom. The lowest BCUT2D eigenvalue weighted by atomic mass is 10.1. The minimum absolute atomic E-state index is 0.0764. The zero-order valence-electron chi connectivity index (χ0n) is 13.1. The quantitative estimate of drug-likeness (QED) is 0.767. The summed E-state index contributed by atoms with van der Waals surface area (Å²) in [5.74, 6) is 0.0764. The molecule has 1 aliphatic heterocycles. The lowest BCUT2D eigenvalue weighted by Gasteiger charge is -2.17. The summed E-state index contributed by atoms with van der Waals surface area (Å²) in [7, 11) is -3.55. The van der Waals surface area contributed by atoms with Crippen LogP contribution in [0.1, 0.15) is 38.7 Å². The van der Waals surface area contributed by atoms with E-state index in [1.54, 1.807) is 17.0 Å². The fourth-order valence-electron chi connectivity index (χ4n) is 2.44. The summed E-state index contributed by atoms with van der Waals surface area (Å²) in [5.41, 5.74) is 2.24. The molecular weight excluding hydrogens is 302 g/mol. The van der Waals surface area contributed by atoms with Crippen molar-refractivity contribution in [3.63, 3.8) is 0 Å². The first kappa shape index (κ1) is 16.8. The van der Waals surface area contributed by atoms with Crippen LogP contribution in [-0.2, 0) is 21.4 Å². The number of carbonyl (C=O) groups is 1. The van der Waals surface area contributed by atoms with Crippen LogP contribution in [-0.4, -0.2) is 27.4 Å². The van der Waals surface area contributed by atoms with Crippen molar-refractivity contribution >= 4 is 27.5 Å². The third-order valence-corrected chi connectivity index (χ3v) is 4.63. The molecule has 22 heavy (non-hydrogen) atoms. The van der Waals surface area contributed by atoms with Crippen molar-refractivity contribution in [2.45, 2.75) is 39.5 Å². The van der Waals surface area contributed by atoms with Crippen LogP contribution in [0.4, 0.5) is 11.4 Å². The summed E-state index contributed by atoms with van der Waals surface area (Å²) >= 11 is 0. The summed E-state index contributed by atoms with van der Waals surface area (Å²) in [4.78, 5) is 13.8. The predicted molar refractivity (Wildman–Crippen MR) is 88.2 cm³/mol. The van der Waals surface area contributed by atoms with Gasteiger partial charge in [0.05, 0.1) is 12.1 Å². The van der Waals surface area contributed by atoms with Crippen molar-refractivity contribution in [1.82, 2.24) is 4.72 Å². The molecule has 1 aromatic rings. The molecule has 2 rings (SSSR count). The molecule has 1 amide bonds. The first-order valence-electron chi connectivity index (χ1n) is 7.67. The molecule has 122 valence electrons. The van der Waals surface area contributed by atoms with E-state index in [9.17, 15) is 13.2 Å². The third kappa shape index (κ3) is 3.98. The van der Waals surface area contributed by atoms with Gasteiger partial charge in [-0.25, -0.2) is 0 Å². The number of carbonyl (C=O) groups excluding carboxylic acids is 1. The molecule has 1 aliphatic rings. The standard InChI is InChI=1S/C15H23N3O3S/c1-3-5-9-18-14-7-6-13(10-12(14)11-15(18)19)17-22(20,21)16-8-4-2/h6-7,10,16-17H,3-5,8-9,11H2,1-2H3. The first-order chi connectivity index (χ1) is 10.5. The second-order valence-corrected chi connectivity index (χ2v) is 6.92. The molecule has 0 atom stereocenters. The second kappa shape index (κ2) is 7.11. The van der Waals surface area contributed by atoms with E-state index in [4.69, 9.17) is 0 Å². The highest BCUT2D eigenvalue weighted by Gasteiger charge is 2.27. The van der Waals surface area contributed by atoms with E-state index < -0.39 is 10.2 Å². The Kier molecular flexibility index (Phi) is 5.42. The van der Waals surface area contributed by atoms with Crippen molar-refractivity contribution < 1.29 is 13.2 Å². The van der Waals surface area contributed by atoms with Crippen LogP contribution in [0.5, 0.6) is 0 Å². The van der Waals surface area contributed by atoms with Gasteiger partial charge in [-0.2, -0.15) is 13.1 Å². The zero-order chi connectivity index (χ0) is 16.2. The molecule has 0 aromatic heterocycles. The number of unbranched alkanes of at least 4 members (excludes halogenated alkanes) is 1. The second-order valence-electron chi connectivity index (χ2n) is 5.42. The molecule has 0 saturated carbocycles. The van der Waals surface area contributed by atoms with Crippen molar-refractivity contribution in [1.29, 1.82) is 0 Å². The SMILES string of the molecule is CCCCN1C(=O)Cc2cc(NS(=O)(=O)NCCC)ccc21. The van der Waals surface area contributed by atoms with Crippen molar-refractivity contribution in [3.8, 4) is 0 Å². The monoisotopic (exact) mass is 325 g/mol. The number of benzene rings is 1. The highest BCUT2D eigenvalue weighted by atomic mass is 32.2. The lowest BCUT2D eigenvalue weighted by molar-refractivity contribution is -0.117. The summed E-state index contributed by atoms with van der Waals surface area (Å²) in [5, 5.41) is 0. The predicted octanol–water partition coefficient (Wildman–Crippen LogP) is 2.03. The highest BCUT2D eigenvalue weighted by molar-refractivity contribution is 7.90. The van der Waals surface area contributed by atoms with Crippen molar-refractivity contribution in [3.05, 3.63) is 23.8 Å². The number of nitrogens with one attached hydrogen (secondary N) is 2. The molecule has 0 unspecified atom stereocenters. The van der Waals surface area contributed by atoms with E-state index in [2.05, 4.69) is 16.4 Å². The molecule has 0 spiro atoms. The van der Waals surface area contributed by atoms with Crippen molar-refractivity contribution in [2.75, 3.05) is 22.7 Å². The normalized spacial score (nSPS) is 14.3. The van der Waals surface area contributed by atoms with E-state index >= 15 is 0 Å². The van der Waals surface area contributed by atoms with Gasteiger partial charge in [-0.05, 0) is 36.6 Å². The molecule has 1 aromatic carbocycles. The Morgan fingerprint density at radius 2 is 2.00 bits per heavy atom. The number of hydrogen-bond acceptors (Lipinski definition) is 3. The topological polar surface area (TPSA) is 78.5 Å². The Bertz CT molecular complexity index is 643. The Labute approximate surface area is 132 Å². The average Bonchev–Trinajstić information content (AvgIpc) is 2.77. The Morgan fingerprint density at radius 3 is 2.68 bits per heavy atom. The molecule has 0 aliphatic carbocycles. The average molecular weight is 325 g/mol. The minimum Gasteiger partial charge on any atom is -0.312 e. The van der Waals surface area contributed by atoms with E-state index in [-0.39, 0.29) is 5.91 Å². The van der Waals surface area contributed by atoms with Crippen LogP contribution in [0.3, 0.4) is 0 Å². The van der Waals surface area contributed by atoms with E-state index in [0.29, 0.717) is 25.2 Å². The fraction of sp³-hybridized carbons (Fsp3) is 0.533. The lowest BCUT2D eigenvalue weighted by Crippen LogP contribution is -2.30. The Hall–Kier alpha value is -1.60. The van der Waals surface area contributed by atoms with Crippen molar-refractivity contribution in [2.24, 2.45) is 0 Å². The first-order valence-corrected chi connectivity index (χ1v) is 9.16. The van der Waals surface area contributed by atoms with Crippen LogP contribution >= 0.6 is 0 Å². The number of nitrogens with zero attached hydrogens (tertiary/aromatic N) is 1. The zero-order valence-corrected chi connectivity index (χ0v) is 13.9. The smallest absolute Gasteiger partial charge is 0.299 e. The molecule has 0 bridgehead atoms. The van der Waals surface area contributed by atoms with Gasteiger partial charge in [0, 0.05) is 18.8 Å². The van der Waals surface area contributed by atoms with Gasteiger partial charge in [0.25, 0.3) is 10.2 Å². The van der Waals surface area contributed by atoms with Gasteiger partial charge in [-0.3, -0.25) is 9.52 Å².